The molecule has 0 aliphatic heterocycles. The number of fused-ring (bicyclic) bond motifs is 1. The smallest absolute Gasteiger partial charge is 0.198 e. The van der Waals surface area contributed by atoms with E-state index in [1.54, 1.807) is 0 Å². The van der Waals surface area contributed by atoms with Gasteiger partial charge in [0.2, 0.25) is 0 Å². The molecule has 0 saturated heterocycles. The van der Waals surface area contributed by atoms with Crippen LogP contribution in [0.15, 0.2) is 40.2 Å². The van der Waals surface area contributed by atoms with Crippen molar-refractivity contribution in [2.45, 2.75) is 25.4 Å². The molecule has 1 heterocycles. The van der Waals surface area contributed by atoms with Gasteiger partial charge in [-0.25, -0.2) is 0 Å². The van der Waals surface area contributed by atoms with Gasteiger partial charge in [0.1, 0.15) is 6.61 Å². The van der Waals surface area contributed by atoms with Crippen LogP contribution in [0.2, 0.25) is 0 Å². The van der Waals surface area contributed by atoms with Gasteiger partial charge in [0.25, 0.3) is 0 Å². The Bertz CT molecular complexity index is 620. The molecule has 4 heteroatoms. The average molecular weight is 351 g/mol. The van der Waals surface area contributed by atoms with Gasteiger partial charge in [-0.15, -0.1) is 11.3 Å². The molecule has 0 amide bonds. The van der Waals surface area contributed by atoms with Gasteiger partial charge in [0, 0.05) is 0 Å². The van der Waals surface area contributed by atoms with Crippen LogP contribution in [0.25, 0.3) is 0 Å². The molecule has 1 aromatic carbocycles. The van der Waals surface area contributed by atoms with E-state index >= 15 is 0 Å². The molecule has 0 spiro atoms. The summed E-state index contributed by atoms with van der Waals surface area (Å²) in [7, 11) is 0. The van der Waals surface area contributed by atoms with Crippen molar-refractivity contribution in [1.29, 1.82) is 0 Å². The first-order chi connectivity index (χ1) is 9.74. The first-order valence-corrected chi connectivity index (χ1v) is 8.33. The average Bonchev–Trinajstić information content (AvgIpc) is 2.91. The highest BCUT2D eigenvalue weighted by Crippen LogP contribution is 2.32. The summed E-state index contributed by atoms with van der Waals surface area (Å²) in [6.07, 6.45) is 3.30. The lowest BCUT2D eigenvalue weighted by molar-refractivity contribution is 0.0374. The van der Waals surface area contributed by atoms with Crippen molar-refractivity contribution >= 4 is 33.0 Å². The standard InChI is InChI=1S/C16H15BrO2S/c17-16-9-8-15(20-16)13(18)10-19-14-7-3-5-11-4-1-2-6-12(11)14/h1-2,4,6,8-9,14H,3,5,7,10H2. The van der Waals surface area contributed by atoms with Crippen molar-refractivity contribution in [1.82, 2.24) is 0 Å². The molecular weight excluding hydrogens is 336 g/mol. The minimum atomic E-state index is 0.0590. The van der Waals surface area contributed by atoms with E-state index in [4.69, 9.17) is 4.74 Å². The van der Waals surface area contributed by atoms with Crippen molar-refractivity contribution in [2.24, 2.45) is 0 Å². The number of rotatable bonds is 4. The highest BCUT2D eigenvalue weighted by Gasteiger charge is 2.21. The second-order valence-electron chi connectivity index (χ2n) is 4.92. The van der Waals surface area contributed by atoms with E-state index in [1.807, 2.05) is 18.2 Å². The molecule has 1 aliphatic rings. The lowest BCUT2D eigenvalue weighted by Crippen LogP contribution is -2.16. The van der Waals surface area contributed by atoms with Crippen LogP contribution < -0.4 is 0 Å². The summed E-state index contributed by atoms with van der Waals surface area (Å²) in [6, 6.07) is 12.1. The summed E-state index contributed by atoms with van der Waals surface area (Å²) in [4.78, 5) is 12.8. The number of hydrogen-bond donors (Lipinski definition) is 0. The van der Waals surface area contributed by atoms with Gasteiger partial charge < -0.3 is 4.74 Å². The number of thiophene rings is 1. The summed E-state index contributed by atoms with van der Waals surface area (Å²) in [5.41, 5.74) is 2.61. The minimum Gasteiger partial charge on any atom is -0.365 e. The summed E-state index contributed by atoms with van der Waals surface area (Å²) in [5.74, 6) is 0.0590. The molecule has 1 unspecified atom stereocenters. The van der Waals surface area contributed by atoms with Crippen LogP contribution in [0.5, 0.6) is 0 Å². The molecule has 0 N–H and O–H groups in total. The summed E-state index contributed by atoms with van der Waals surface area (Å²) < 4.78 is 6.85. The molecule has 3 rings (SSSR count). The maximum absolute atomic E-state index is 12.1. The van der Waals surface area contributed by atoms with Crippen molar-refractivity contribution in [2.75, 3.05) is 6.61 Å². The molecule has 2 aromatic rings. The summed E-state index contributed by atoms with van der Waals surface area (Å²) in [6.45, 7) is 0.159. The Morgan fingerprint density at radius 1 is 1.30 bits per heavy atom. The van der Waals surface area contributed by atoms with Gasteiger partial charge >= 0.3 is 0 Å². The lowest BCUT2D eigenvalue weighted by Gasteiger charge is -2.25. The van der Waals surface area contributed by atoms with E-state index in [1.165, 1.54) is 22.5 Å². The molecule has 1 aliphatic carbocycles. The quantitative estimate of drug-likeness (QED) is 0.741. The van der Waals surface area contributed by atoms with Gasteiger partial charge in [0.05, 0.1) is 14.8 Å². The Balaban J connectivity index is 1.66. The van der Waals surface area contributed by atoms with E-state index in [0.717, 1.165) is 27.9 Å². The third-order valence-corrected chi connectivity index (χ3v) is 5.24. The number of Topliss-reactive ketones (excluding diaryl/α,β-unsaturated/α-hetero) is 1. The predicted octanol–water partition coefficient (Wildman–Crippen LogP) is 4.79. The zero-order chi connectivity index (χ0) is 13.9. The van der Waals surface area contributed by atoms with E-state index in [0.29, 0.717) is 0 Å². The molecule has 1 atom stereocenters. The number of hydrogen-bond acceptors (Lipinski definition) is 3. The highest BCUT2D eigenvalue weighted by molar-refractivity contribution is 9.11. The molecule has 2 nitrogen and oxygen atoms in total. The largest absolute Gasteiger partial charge is 0.365 e. The number of halogens is 1. The van der Waals surface area contributed by atoms with E-state index in [9.17, 15) is 4.79 Å². The van der Waals surface area contributed by atoms with Crippen molar-refractivity contribution in [3.8, 4) is 0 Å². The maximum Gasteiger partial charge on any atom is 0.198 e. The molecule has 0 bridgehead atoms. The van der Waals surface area contributed by atoms with Gasteiger partial charge in [-0.1, -0.05) is 24.3 Å². The van der Waals surface area contributed by atoms with Crippen molar-refractivity contribution in [3.63, 3.8) is 0 Å². The minimum absolute atomic E-state index is 0.0590. The molecular formula is C16H15BrO2S. The van der Waals surface area contributed by atoms with Crippen LogP contribution in [0, 0.1) is 0 Å². The summed E-state index contributed by atoms with van der Waals surface area (Å²) in [5, 5.41) is 0. The second-order valence-corrected chi connectivity index (χ2v) is 7.38. The zero-order valence-corrected chi connectivity index (χ0v) is 13.4. The molecule has 1 aromatic heterocycles. The Hall–Kier alpha value is -0.970. The highest BCUT2D eigenvalue weighted by atomic mass is 79.9. The summed E-state index contributed by atoms with van der Waals surface area (Å²) >= 11 is 4.83. The number of carbonyl (C=O) groups is 1. The van der Waals surface area contributed by atoms with Crippen molar-refractivity contribution < 1.29 is 9.53 Å². The third kappa shape index (κ3) is 3.03. The fourth-order valence-corrected chi connectivity index (χ4v) is 3.90. The molecule has 20 heavy (non-hydrogen) atoms. The van der Waals surface area contributed by atoms with E-state index < -0.39 is 0 Å². The first kappa shape index (κ1) is 14.0. The number of aryl methyl sites for hydroxylation is 1. The number of ketones is 1. The van der Waals surface area contributed by atoms with Gasteiger partial charge in [-0.3, -0.25) is 4.79 Å². The van der Waals surface area contributed by atoms with Crippen LogP contribution in [0.4, 0.5) is 0 Å². The number of carbonyl (C=O) groups excluding carboxylic acids is 1. The Morgan fingerprint density at radius 2 is 2.15 bits per heavy atom. The van der Waals surface area contributed by atoms with Gasteiger partial charge in [0.15, 0.2) is 5.78 Å². The topological polar surface area (TPSA) is 26.3 Å². The van der Waals surface area contributed by atoms with Crippen LogP contribution in [0.1, 0.15) is 39.7 Å². The normalized spacial score (nSPS) is 17.8. The second kappa shape index (κ2) is 6.20. The Kier molecular flexibility index (Phi) is 4.34. The number of ether oxygens (including phenoxy) is 1. The molecule has 0 saturated carbocycles. The van der Waals surface area contributed by atoms with Crippen LogP contribution in [0.3, 0.4) is 0 Å². The monoisotopic (exact) mass is 350 g/mol. The van der Waals surface area contributed by atoms with Crippen LogP contribution >= 0.6 is 27.3 Å². The first-order valence-electron chi connectivity index (χ1n) is 6.72. The SMILES string of the molecule is O=C(COC1CCCc2ccccc21)c1ccc(Br)s1. The van der Waals surface area contributed by atoms with E-state index in [-0.39, 0.29) is 18.5 Å². The predicted molar refractivity (Wildman–Crippen MR) is 84.4 cm³/mol. The molecule has 104 valence electrons. The molecule has 0 radical (unpaired) electrons. The van der Waals surface area contributed by atoms with Gasteiger partial charge in [-0.2, -0.15) is 0 Å². The van der Waals surface area contributed by atoms with E-state index in [2.05, 4.69) is 34.1 Å². The Morgan fingerprint density at radius 3 is 2.95 bits per heavy atom. The number of benzene rings is 1. The molecule has 0 fully saturated rings. The van der Waals surface area contributed by atoms with Crippen LogP contribution in [-0.2, 0) is 11.2 Å². The van der Waals surface area contributed by atoms with Crippen LogP contribution in [-0.4, -0.2) is 12.4 Å². The fourth-order valence-electron chi connectivity index (χ4n) is 2.59. The van der Waals surface area contributed by atoms with Gasteiger partial charge in [-0.05, 0) is 58.5 Å². The third-order valence-electron chi connectivity index (χ3n) is 3.58. The fraction of sp³-hybridized carbons (Fsp3) is 0.312. The van der Waals surface area contributed by atoms with Crippen molar-refractivity contribution in [3.05, 3.63) is 56.2 Å². The lowest BCUT2D eigenvalue weighted by atomic mass is 9.89. The Labute approximate surface area is 130 Å². The maximum atomic E-state index is 12.1. The zero-order valence-electron chi connectivity index (χ0n) is 11.0.